The summed E-state index contributed by atoms with van der Waals surface area (Å²) in [6, 6.07) is 14.5. The molecule has 3 nitrogen and oxygen atoms in total. The molecular formula is C22H29NO2S. The van der Waals surface area contributed by atoms with Crippen molar-refractivity contribution in [3.05, 3.63) is 53.6 Å². The average molecular weight is 372 g/mol. The molecule has 0 fully saturated rings. The Bertz CT molecular complexity index is 734. The molecule has 2 N–H and O–H groups in total. The summed E-state index contributed by atoms with van der Waals surface area (Å²) in [5.74, 6) is 1.76. The number of phenolic OH excluding ortho intramolecular Hbond substituents is 1. The fraction of sp³-hybridized carbons (Fsp3) is 0.455. The largest absolute Gasteiger partial charge is 0.504 e. The molecule has 1 aliphatic rings. The second-order valence-corrected chi connectivity index (χ2v) is 8.09. The van der Waals surface area contributed by atoms with Crippen molar-refractivity contribution >= 4 is 11.8 Å². The zero-order chi connectivity index (χ0) is 18.6. The maximum absolute atomic E-state index is 10.4. The van der Waals surface area contributed by atoms with Crippen molar-refractivity contribution in [3.8, 4) is 11.5 Å². The van der Waals surface area contributed by atoms with Gasteiger partial charge in [0.05, 0.1) is 13.2 Å². The molecule has 1 heterocycles. The number of methoxy groups -OCH3 is 1. The van der Waals surface area contributed by atoms with Crippen molar-refractivity contribution in [2.24, 2.45) is 0 Å². The highest BCUT2D eigenvalue weighted by atomic mass is 32.2. The van der Waals surface area contributed by atoms with E-state index in [4.69, 9.17) is 4.74 Å². The van der Waals surface area contributed by atoms with E-state index in [0.29, 0.717) is 5.75 Å². The number of thioether (sulfide) groups is 1. The van der Waals surface area contributed by atoms with Crippen molar-refractivity contribution in [3.63, 3.8) is 0 Å². The van der Waals surface area contributed by atoms with Gasteiger partial charge in [0.15, 0.2) is 11.5 Å². The number of nitrogens with one attached hydrogen (secondary N) is 1. The lowest BCUT2D eigenvalue weighted by Crippen LogP contribution is -2.48. The molecule has 0 unspecified atom stereocenters. The summed E-state index contributed by atoms with van der Waals surface area (Å²) in [5.41, 5.74) is 2.45. The van der Waals surface area contributed by atoms with Gasteiger partial charge in [-0.15, -0.1) is 11.8 Å². The molecule has 3 rings (SSSR count). The first-order chi connectivity index (χ1) is 12.6. The fourth-order valence-electron chi connectivity index (χ4n) is 3.67. The Labute approximate surface area is 161 Å². The van der Waals surface area contributed by atoms with Gasteiger partial charge in [0.25, 0.3) is 0 Å². The van der Waals surface area contributed by atoms with Gasteiger partial charge in [-0.25, -0.2) is 0 Å². The number of aromatic hydroxyl groups is 1. The van der Waals surface area contributed by atoms with Crippen molar-refractivity contribution in [1.82, 2.24) is 5.32 Å². The second-order valence-electron chi connectivity index (χ2n) is 7.08. The molecule has 0 amide bonds. The highest BCUT2D eigenvalue weighted by Crippen LogP contribution is 2.44. The highest BCUT2D eigenvalue weighted by molar-refractivity contribution is 7.99. The molecule has 2 aromatic carbocycles. The smallest absolute Gasteiger partial charge is 0.161 e. The Hall–Kier alpha value is -1.65. The zero-order valence-corrected chi connectivity index (χ0v) is 16.7. The third-order valence-electron chi connectivity index (χ3n) is 5.40. The highest BCUT2D eigenvalue weighted by Gasteiger charge is 2.36. The molecule has 1 aliphatic heterocycles. The maximum Gasteiger partial charge on any atom is 0.161 e. The van der Waals surface area contributed by atoms with E-state index in [1.165, 1.54) is 23.3 Å². The number of rotatable bonds is 6. The van der Waals surface area contributed by atoms with E-state index in [0.717, 1.165) is 24.2 Å². The van der Waals surface area contributed by atoms with Crippen molar-refractivity contribution in [2.45, 2.75) is 56.0 Å². The average Bonchev–Trinajstić information content (AvgIpc) is 2.84. The van der Waals surface area contributed by atoms with E-state index in [-0.39, 0.29) is 17.3 Å². The summed E-state index contributed by atoms with van der Waals surface area (Å²) in [6.45, 7) is 4.53. The van der Waals surface area contributed by atoms with Crippen LogP contribution in [0.15, 0.2) is 47.4 Å². The summed E-state index contributed by atoms with van der Waals surface area (Å²) in [5, 5.41) is 14.4. The van der Waals surface area contributed by atoms with E-state index < -0.39 is 0 Å². The normalized spacial score (nSPS) is 22.5. The number of unbranched alkanes of at least 4 members (excludes halogenated alkanes) is 1. The van der Waals surface area contributed by atoms with Crippen LogP contribution in [-0.2, 0) is 0 Å². The predicted octanol–water partition coefficient (Wildman–Crippen LogP) is 5.52. The molecule has 2 aromatic rings. The number of ether oxygens (including phenoxy) is 1. The van der Waals surface area contributed by atoms with Gasteiger partial charge in [-0.05, 0) is 36.1 Å². The standard InChI is InChI=1S/C22H29NO2S/c1-4-6-12-22(5-2)15-26-20-14-19(25-3)18(24)13-17(20)21(23-22)16-10-8-7-9-11-16/h7-11,13-14,21,23-24H,4-6,12,15H2,1-3H3/t21-,22-/m1/s1. The molecule has 140 valence electrons. The molecule has 0 saturated heterocycles. The van der Waals surface area contributed by atoms with E-state index in [9.17, 15) is 5.11 Å². The quantitative estimate of drug-likeness (QED) is 0.701. The molecule has 4 heteroatoms. The Kier molecular flexibility index (Phi) is 6.15. The molecule has 0 bridgehead atoms. The first-order valence-electron chi connectivity index (χ1n) is 9.49. The van der Waals surface area contributed by atoms with Crippen LogP contribution in [0.2, 0.25) is 0 Å². The summed E-state index contributed by atoms with van der Waals surface area (Å²) in [7, 11) is 1.60. The summed E-state index contributed by atoms with van der Waals surface area (Å²) < 4.78 is 5.35. The Morgan fingerprint density at radius 2 is 2.00 bits per heavy atom. The lowest BCUT2D eigenvalue weighted by molar-refractivity contribution is 0.297. The third kappa shape index (κ3) is 3.86. The summed E-state index contributed by atoms with van der Waals surface area (Å²) >= 11 is 1.87. The lowest BCUT2D eigenvalue weighted by atomic mass is 9.88. The molecule has 0 aromatic heterocycles. The van der Waals surface area contributed by atoms with E-state index in [1.54, 1.807) is 7.11 Å². The van der Waals surface area contributed by atoms with Gasteiger partial charge in [-0.2, -0.15) is 0 Å². The van der Waals surface area contributed by atoms with Crippen LogP contribution in [0.4, 0.5) is 0 Å². The van der Waals surface area contributed by atoms with E-state index in [1.807, 2.05) is 30.0 Å². The van der Waals surface area contributed by atoms with Gasteiger partial charge < -0.3 is 9.84 Å². The minimum absolute atomic E-state index is 0.0646. The maximum atomic E-state index is 10.4. The van der Waals surface area contributed by atoms with Gasteiger partial charge >= 0.3 is 0 Å². The van der Waals surface area contributed by atoms with Crippen LogP contribution in [0.3, 0.4) is 0 Å². The zero-order valence-electron chi connectivity index (χ0n) is 15.9. The van der Waals surface area contributed by atoms with Crippen LogP contribution < -0.4 is 10.1 Å². The third-order valence-corrected chi connectivity index (χ3v) is 6.76. The molecule has 2 atom stereocenters. The van der Waals surface area contributed by atoms with Gasteiger partial charge in [-0.3, -0.25) is 5.32 Å². The van der Waals surface area contributed by atoms with Crippen LogP contribution in [-0.4, -0.2) is 23.5 Å². The lowest BCUT2D eigenvalue weighted by Gasteiger charge is -2.36. The molecule has 0 spiro atoms. The predicted molar refractivity (Wildman–Crippen MR) is 109 cm³/mol. The molecule has 26 heavy (non-hydrogen) atoms. The summed E-state index contributed by atoms with van der Waals surface area (Å²) in [4.78, 5) is 1.19. The van der Waals surface area contributed by atoms with Crippen LogP contribution in [0.1, 0.15) is 56.7 Å². The second kappa shape index (κ2) is 8.36. The van der Waals surface area contributed by atoms with Gasteiger partial charge in [0, 0.05) is 16.2 Å². The van der Waals surface area contributed by atoms with E-state index >= 15 is 0 Å². The van der Waals surface area contributed by atoms with Crippen molar-refractivity contribution in [1.29, 1.82) is 0 Å². The molecule has 0 aliphatic carbocycles. The van der Waals surface area contributed by atoms with Gasteiger partial charge in [0.2, 0.25) is 0 Å². The number of hydrogen-bond acceptors (Lipinski definition) is 4. The molecule has 0 radical (unpaired) electrons. The van der Waals surface area contributed by atoms with Crippen LogP contribution in [0, 0.1) is 0 Å². The minimum atomic E-state index is 0.0646. The Balaban J connectivity index is 2.09. The van der Waals surface area contributed by atoms with Crippen LogP contribution in [0.5, 0.6) is 11.5 Å². The Morgan fingerprint density at radius 3 is 2.65 bits per heavy atom. The van der Waals surface area contributed by atoms with Crippen LogP contribution >= 0.6 is 11.8 Å². The van der Waals surface area contributed by atoms with Gasteiger partial charge in [-0.1, -0.05) is 57.0 Å². The number of hydrogen-bond donors (Lipinski definition) is 2. The van der Waals surface area contributed by atoms with Gasteiger partial charge in [0.1, 0.15) is 0 Å². The van der Waals surface area contributed by atoms with Crippen molar-refractivity contribution < 1.29 is 9.84 Å². The first-order valence-corrected chi connectivity index (χ1v) is 10.5. The number of fused-ring (bicyclic) bond motifs is 1. The van der Waals surface area contributed by atoms with Crippen LogP contribution in [0.25, 0.3) is 0 Å². The molecular weight excluding hydrogens is 342 g/mol. The van der Waals surface area contributed by atoms with E-state index in [2.05, 4.69) is 43.4 Å². The first kappa shape index (κ1) is 19.1. The topological polar surface area (TPSA) is 41.5 Å². The molecule has 0 saturated carbocycles. The Morgan fingerprint density at radius 1 is 1.23 bits per heavy atom. The monoisotopic (exact) mass is 371 g/mol. The number of phenols is 1. The fourth-order valence-corrected chi connectivity index (χ4v) is 5.07. The number of benzene rings is 2. The minimum Gasteiger partial charge on any atom is -0.504 e. The van der Waals surface area contributed by atoms with Crippen molar-refractivity contribution in [2.75, 3.05) is 12.9 Å². The summed E-state index contributed by atoms with van der Waals surface area (Å²) in [6.07, 6.45) is 4.66. The SMILES string of the molecule is CCCC[C@]1(CC)CSc2cc(OC)c(O)cc2[C@@H](c2ccccc2)N1.